The minimum Gasteiger partial charge on any atom is -0.397 e. The first-order chi connectivity index (χ1) is 5.77. The second-order valence-corrected chi connectivity index (χ2v) is 2.49. The highest BCUT2D eigenvalue weighted by atomic mass is 16.1. The summed E-state index contributed by atoms with van der Waals surface area (Å²) in [6.45, 7) is 2.82. The molecule has 0 saturated carbocycles. The number of hydrogen-bond acceptors (Lipinski definition) is 3. The Hall–Kier alpha value is -1.51. The molecule has 3 nitrogen and oxygen atoms in total. The molecule has 0 aliphatic carbocycles. The molecule has 0 amide bonds. The van der Waals surface area contributed by atoms with E-state index in [1.165, 1.54) is 0 Å². The van der Waals surface area contributed by atoms with E-state index in [4.69, 9.17) is 5.73 Å². The number of anilines is 2. The van der Waals surface area contributed by atoms with Crippen LogP contribution in [0.5, 0.6) is 0 Å². The zero-order valence-corrected chi connectivity index (χ0v) is 7.00. The fourth-order valence-electron chi connectivity index (χ4n) is 1.01. The van der Waals surface area contributed by atoms with Gasteiger partial charge in [-0.25, -0.2) is 0 Å². The Morgan fingerprint density at radius 2 is 2.33 bits per heavy atom. The maximum Gasteiger partial charge on any atom is 0.150 e. The molecule has 3 N–H and O–H groups in total. The molecule has 12 heavy (non-hydrogen) atoms. The molecule has 0 saturated heterocycles. The van der Waals surface area contributed by atoms with Gasteiger partial charge in [-0.2, -0.15) is 0 Å². The Balaban J connectivity index is 2.94. The van der Waals surface area contributed by atoms with E-state index in [0.29, 0.717) is 11.3 Å². The van der Waals surface area contributed by atoms with Crippen LogP contribution in [-0.2, 0) is 0 Å². The van der Waals surface area contributed by atoms with Crippen molar-refractivity contribution in [2.75, 3.05) is 17.6 Å². The van der Waals surface area contributed by atoms with Gasteiger partial charge in [-0.1, -0.05) is 0 Å². The second-order valence-electron chi connectivity index (χ2n) is 2.49. The van der Waals surface area contributed by atoms with Crippen LogP contribution in [0, 0.1) is 0 Å². The molecule has 0 radical (unpaired) electrons. The Bertz CT molecular complexity index is 284. The van der Waals surface area contributed by atoms with Crippen molar-refractivity contribution >= 4 is 17.7 Å². The van der Waals surface area contributed by atoms with Crippen LogP contribution in [0.4, 0.5) is 11.4 Å². The smallest absolute Gasteiger partial charge is 0.150 e. The molecule has 0 fully saturated rings. The van der Waals surface area contributed by atoms with E-state index < -0.39 is 0 Å². The normalized spacial score (nSPS) is 9.42. The molecule has 0 aromatic heterocycles. The van der Waals surface area contributed by atoms with E-state index in [1.807, 2.05) is 13.0 Å². The molecule has 0 spiro atoms. The first kappa shape index (κ1) is 8.59. The van der Waals surface area contributed by atoms with E-state index in [1.54, 1.807) is 12.1 Å². The summed E-state index contributed by atoms with van der Waals surface area (Å²) >= 11 is 0. The predicted molar refractivity (Wildman–Crippen MR) is 50.4 cm³/mol. The summed E-state index contributed by atoms with van der Waals surface area (Å²) in [5.41, 5.74) is 7.76. The number of carbonyl (C=O) groups excluding carboxylic acids is 1. The summed E-state index contributed by atoms with van der Waals surface area (Å²) in [5, 5.41) is 3.09. The second kappa shape index (κ2) is 3.76. The van der Waals surface area contributed by atoms with Crippen LogP contribution in [0.25, 0.3) is 0 Å². The van der Waals surface area contributed by atoms with Gasteiger partial charge < -0.3 is 11.1 Å². The van der Waals surface area contributed by atoms with Crippen molar-refractivity contribution in [2.45, 2.75) is 6.92 Å². The van der Waals surface area contributed by atoms with Crippen molar-refractivity contribution in [3.63, 3.8) is 0 Å². The molecular formula is C9H12N2O. The summed E-state index contributed by atoms with van der Waals surface area (Å²) in [5.74, 6) is 0. The molecular weight excluding hydrogens is 152 g/mol. The average molecular weight is 164 g/mol. The van der Waals surface area contributed by atoms with Gasteiger partial charge in [0.25, 0.3) is 0 Å². The third kappa shape index (κ3) is 1.75. The lowest BCUT2D eigenvalue weighted by atomic mass is 10.2. The Morgan fingerprint density at radius 3 is 2.83 bits per heavy atom. The topological polar surface area (TPSA) is 55.1 Å². The first-order valence-electron chi connectivity index (χ1n) is 3.86. The van der Waals surface area contributed by atoms with Gasteiger partial charge in [-0.3, -0.25) is 4.79 Å². The van der Waals surface area contributed by atoms with E-state index in [9.17, 15) is 4.79 Å². The molecule has 0 atom stereocenters. The summed E-state index contributed by atoms with van der Waals surface area (Å²) in [6, 6.07) is 5.20. The largest absolute Gasteiger partial charge is 0.397 e. The van der Waals surface area contributed by atoms with E-state index >= 15 is 0 Å². The molecule has 0 aliphatic heterocycles. The van der Waals surface area contributed by atoms with Gasteiger partial charge in [0.1, 0.15) is 6.29 Å². The number of benzene rings is 1. The number of nitrogens with two attached hydrogens (primary N) is 1. The lowest BCUT2D eigenvalue weighted by molar-refractivity contribution is 0.112. The fraction of sp³-hybridized carbons (Fsp3) is 0.222. The number of nitrogen functional groups attached to an aromatic ring is 1. The van der Waals surface area contributed by atoms with E-state index in [2.05, 4.69) is 5.32 Å². The fourth-order valence-corrected chi connectivity index (χ4v) is 1.01. The quantitative estimate of drug-likeness (QED) is 0.526. The number of rotatable bonds is 3. The van der Waals surface area contributed by atoms with E-state index in [0.717, 1.165) is 18.5 Å². The predicted octanol–water partition coefficient (Wildman–Crippen LogP) is 1.51. The van der Waals surface area contributed by atoms with Crippen molar-refractivity contribution in [1.82, 2.24) is 0 Å². The van der Waals surface area contributed by atoms with Crippen molar-refractivity contribution in [3.8, 4) is 0 Å². The Morgan fingerprint density at radius 1 is 1.58 bits per heavy atom. The SMILES string of the molecule is CCNc1ccc(C=O)cc1N. The van der Waals surface area contributed by atoms with Gasteiger partial charge >= 0.3 is 0 Å². The summed E-state index contributed by atoms with van der Waals surface area (Å²) in [6.07, 6.45) is 0.784. The minimum atomic E-state index is 0.606. The maximum atomic E-state index is 10.4. The molecule has 1 aromatic rings. The van der Waals surface area contributed by atoms with Gasteiger partial charge in [0, 0.05) is 12.1 Å². The number of aldehydes is 1. The molecule has 0 bridgehead atoms. The molecule has 0 aliphatic rings. The van der Waals surface area contributed by atoms with Crippen molar-refractivity contribution in [3.05, 3.63) is 23.8 Å². The molecule has 3 heteroatoms. The highest BCUT2D eigenvalue weighted by Gasteiger charge is 1.97. The molecule has 0 heterocycles. The monoisotopic (exact) mass is 164 g/mol. The van der Waals surface area contributed by atoms with Gasteiger partial charge in [-0.15, -0.1) is 0 Å². The molecule has 0 unspecified atom stereocenters. The molecule has 1 rings (SSSR count). The third-order valence-corrected chi connectivity index (χ3v) is 1.58. The van der Waals surface area contributed by atoms with Gasteiger partial charge in [-0.05, 0) is 25.1 Å². The van der Waals surface area contributed by atoms with Crippen LogP contribution in [0.1, 0.15) is 17.3 Å². The van der Waals surface area contributed by atoms with Crippen LogP contribution in [0.3, 0.4) is 0 Å². The standard InChI is InChI=1S/C9H12N2O/c1-2-11-9-4-3-7(6-12)5-8(9)10/h3-6,11H,2,10H2,1H3. The maximum absolute atomic E-state index is 10.4. The van der Waals surface area contributed by atoms with Crippen LogP contribution < -0.4 is 11.1 Å². The van der Waals surface area contributed by atoms with Crippen LogP contribution >= 0.6 is 0 Å². The number of hydrogen-bond donors (Lipinski definition) is 2. The van der Waals surface area contributed by atoms with Gasteiger partial charge in [0.05, 0.1) is 11.4 Å². The summed E-state index contributed by atoms with van der Waals surface area (Å²) in [4.78, 5) is 10.4. The van der Waals surface area contributed by atoms with E-state index in [-0.39, 0.29) is 0 Å². The van der Waals surface area contributed by atoms with Crippen molar-refractivity contribution in [1.29, 1.82) is 0 Å². The summed E-state index contributed by atoms with van der Waals surface area (Å²) in [7, 11) is 0. The third-order valence-electron chi connectivity index (χ3n) is 1.58. The van der Waals surface area contributed by atoms with Crippen LogP contribution in [0.15, 0.2) is 18.2 Å². The summed E-state index contributed by atoms with van der Waals surface area (Å²) < 4.78 is 0. The van der Waals surface area contributed by atoms with Crippen LogP contribution in [0.2, 0.25) is 0 Å². The molecule has 1 aromatic carbocycles. The molecule has 64 valence electrons. The Kier molecular flexibility index (Phi) is 2.69. The van der Waals surface area contributed by atoms with Crippen molar-refractivity contribution in [2.24, 2.45) is 0 Å². The van der Waals surface area contributed by atoms with Crippen LogP contribution in [-0.4, -0.2) is 12.8 Å². The average Bonchev–Trinajstić information content (AvgIpc) is 2.09. The minimum absolute atomic E-state index is 0.606. The highest BCUT2D eigenvalue weighted by Crippen LogP contribution is 2.18. The lowest BCUT2D eigenvalue weighted by Gasteiger charge is -2.06. The number of carbonyl (C=O) groups is 1. The number of nitrogens with one attached hydrogen (secondary N) is 1. The Labute approximate surface area is 71.6 Å². The van der Waals surface area contributed by atoms with Crippen molar-refractivity contribution < 1.29 is 4.79 Å². The zero-order chi connectivity index (χ0) is 8.97. The first-order valence-corrected chi connectivity index (χ1v) is 3.86. The van der Waals surface area contributed by atoms with Gasteiger partial charge in [0.15, 0.2) is 0 Å². The lowest BCUT2D eigenvalue weighted by Crippen LogP contribution is -2.01. The zero-order valence-electron chi connectivity index (χ0n) is 7.00. The van der Waals surface area contributed by atoms with Gasteiger partial charge in [0.2, 0.25) is 0 Å². The highest BCUT2D eigenvalue weighted by molar-refractivity contribution is 5.80.